The molecule has 2 aliphatic heterocycles. The van der Waals surface area contributed by atoms with Gasteiger partial charge in [0, 0.05) is 25.2 Å². The zero-order valence-electron chi connectivity index (χ0n) is 22.7. The Morgan fingerprint density at radius 2 is 1.89 bits per heavy atom. The van der Waals surface area contributed by atoms with Crippen LogP contribution in [0, 0.1) is 0 Å². The second-order valence-electron chi connectivity index (χ2n) is 10.3. The number of fused-ring (bicyclic) bond motifs is 1. The topological polar surface area (TPSA) is 89.1 Å². The Kier molecular flexibility index (Phi) is 7.85. The van der Waals surface area contributed by atoms with E-state index in [-0.39, 0.29) is 11.9 Å². The molecule has 0 unspecified atom stereocenters. The number of carbonyl (C=O) groups excluding carboxylic acids is 1. The minimum atomic E-state index is -0.0831. The molecule has 3 aliphatic rings. The number of rotatable bonds is 7. The van der Waals surface area contributed by atoms with Gasteiger partial charge in [-0.05, 0) is 83.2 Å². The molecule has 1 saturated carbocycles. The molecule has 0 spiro atoms. The fourth-order valence-corrected chi connectivity index (χ4v) is 5.91. The van der Waals surface area contributed by atoms with Crippen LogP contribution in [-0.4, -0.2) is 83.8 Å². The zero-order chi connectivity index (χ0) is 26.8. The predicted octanol–water partition coefficient (Wildman–Crippen LogP) is 3.77. The molecule has 0 atom stereocenters. The molecule has 0 bridgehead atoms. The van der Waals surface area contributed by atoms with Crippen LogP contribution >= 0.6 is 12.2 Å². The summed E-state index contributed by atoms with van der Waals surface area (Å²) in [5.41, 5.74) is 2.16. The van der Waals surface area contributed by atoms with Crippen LogP contribution in [0.15, 0.2) is 24.4 Å². The highest BCUT2D eigenvalue weighted by Crippen LogP contribution is 2.39. The number of amides is 1. The van der Waals surface area contributed by atoms with Crippen molar-refractivity contribution in [1.29, 1.82) is 0 Å². The predicted molar refractivity (Wildman–Crippen MR) is 154 cm³/mol. The van der Waals surface area contributed by atoms with Crippen molar-refractivity contribution in [3.8, 4) is 5.75 Å². The van der Waals surface area contributed by atoms with Crippen LogP contribution in [0.4, 0.5) is 23.1 Å². The maximum atomic E-state index is 12.9. The first-order valence-electron chi connectivity index (χ1n) is 13.6. The number of carbonyl (C=O) groups is 1. The SMILES string of the molecule is CCN1C(=S)N(C)c2cnc(Nc3ccc(C(=O)NC4CCN(C)CC4)cc3OC)nc2N1C1CCCC1. The second kappa shape index (κ2) is 11.3. The lowest BCUT2D eigenvalue weighted by atomic mass is 10.0. The highest BCUT2D eigenvalue weighted by molar-refractivity contribution is 7.80. The molecule has 0 radical (unpaired) electrons. The Hall–Kier alpha value is -3.18. The van der Waals surface area contributed by atoms with Crippen molar-refractivity contribution in [2.75, 3.05) is 56.1 Å². The molecule has 38 heavy (non-hydrogen) atoms. The molecule has 2 N–H and O–H groups in total. The van der Waals surface area contributed by atoms with Crippen LogP contribution in [0.1, 0.15) is 55.8 Å². The second-order valence-corrected chi connectivity index (χ2v) is 10.7. The first-order valence-corrected chi connectivity index (χ1v) is 14.0. The van der Waals surface area contributed by atoms with E-state index in [0.717, 1.165) is 61.9 Å². The highest BCUT2D eigenvalue weighted by Gasteiger charge is 2.37. The summed E-state index contributed by atoms with van der Waals surface area (Å²) >= 11 is 5.79. The smallest absolute Gasteiger partial charge is 0.251 e. The summed E-state index contributed by atoms with van der Waals surface area (Å²) in [5, 5.41) is 11.6. The summed E-state index contributed by atoms with van der Waals surface area (Å²) in [5.74, 6) is 1.79. The van der Waals surface area contributed by atoms with E-state index in [4.69, 9.17) is 21.9 Å². The molecule has 5 rings (SSSR count). The van der Waals surface area contributed by atoms with Crippen molar-refractivity contribution in [3.05, 3.63) is 30.0 Å². The fraction of sp³-hybridized carbons (Fsp3) is 0.556. The molecular formula is C27H38N8O2S. The van der Waals surface area contributed by atoms with Gasteiger partial charge in [0.2, 0.25) is 5.95 Å². The van der Waals surface area contributed by atoms with E-state index in [1.165, 1.54) is 12.8 Å². The number of hydrogen-bond donors (Lipinski definition) is 2. The maximum absolute atomic E-state index is 12.9. The zero-order valence-corrected chi connectivity index (χ0v) is 23.6. The number of piperidine rings is 1. The molecule has 1 aliphatic carbocycles. The molecule has 1 amide bonds. The molecule has 2 fully saturated rings. The first kappa shape index (κ1) is 26.4. The largest absolute Gasteiger partial charge is 0.495 e. The van der Waals surface area contributed by atoms with E-state index >= 15 is 0 Å². The monoisotopic (exact) mass is 538 g/mol. The van der Waals surface area contributed by atoms with Crippen LogP contribution in [0.5, 0.6) is 5.75 Å². The fourth-order valence-electron chi connectivity index (χ4n) is 5.60. The molecule has 1 aromatic carbocycles. The third kappa shape index (κ3) is 5.22. The minimum absolute atomic E-state index is 0.0831. The summed E-state index contributed by atoms with van der Waals surface area (Å²) in [4.78, 5) is 26.7. The van der Waals surface area contributed by atoms with Crippen LogP contribution in [-0.2, 0) is 0 Å². The van der Waals surface area contributed by atoms with Gasteiger partial charge < -0.3 is 25.2 Å². The number of benzene rings is 1. The summed E-state index contributed by atoms with van der Waals surface area (Å²) in [6.45, 7) is 4.87. The molecule has 3 heterocycles. The van der Waals surface area contributed by atoms with Gasteiger partial charge in [-0.1, -0.05) is 12.8 Å². The third-order valence-electron chi connectivity index (χ3n) is 7.83. The van der Waals surface area contributed by atoms with E-state index < -0.39 is 0 Å². The quantitative estimate of drug-likeness (QED) is 0.508. The van der Waals surface area contributed by atoms with Gasteiger partial charge in [0.25, 0.3) is 5.91 Å². The molecule has 11 heteroatoms. The number of aromatic nitrogens is 2. The van der Waals surface area contributed by atoms with Gasteiger partial charge >= 0.3 is 0 Å². The van der Waals surface area contributed by atoms with Gasteiger partial charge in [-0.3, -0.25) is 14.8 Å². The Labute approximate surface area is 230 Å². The average Bonchev–Trinajstić information content (AvgIpc) is 3.46. The number of thiocarbonyl (C=S) groups is 1. The van der Waals surface area contributed by atoms with Gasteiger partial charge in [0.05, 0.1) is 25.0 Å². The lowest BCUT2D eigenvalue weighted by molar-refractivity contribution is 0.0916. The van der Waals surface area contributed by atoms with Crippen molar-refractivity contribution in [2.45, 2.75) is 57.5 Å². The third-order valence-corrected chi connectivity index (χ3v) is 8.31. The van der Waals surface area contributed by atoms with Crippen molar-refractivity contribution in [3.63, 3.8) is 0 Å². The summed E-state index contributed by atoms with van der Waals surface area (Å²) in [6.07, 6.45) is 8.39. The van der Waals surface area contributed by atoms with Gasteiger partial charge in [-0.15, -0.1) is 0 Å². The van der Waals surface area contributed by atoms with Crippen molar-refractivity contribution in [2.24, 2.45) is 0 Å². The number of likely N-dealkylation sites (tertiary alicyclic amines) is 1. The van der Waals surface area contributed by atoms with Crippen molar-refractivity contribution < 1.29 is 9.53 Å². The molecule has 204 valence electrons. The number of nitrogens with one attached hydrogen (secondary N) is 2. The van der Waals surface area contributed by atoms with Crippen LogP contribution in [0.3, 0.4) is 0 Å². The first-order chi connectivity index (χ1) is 18.4. The van der Waals surface area contributed by atoms with E-state index in [0.29, 0.717) is 29.0 Å². The Morgan fingerprint density at radius 3 is 2.58 bits per heavy atom. The summed E-state index contributed by atoms with van der Waals surface area (Å²) in [6, 6.07) is 5.98. The molecule has 2 aromatic rings. The number of nitrogens with zero attached hydrogens (tertiary/aromatic N) is 6. The minimum Gasteiger partial charge on any atom is -0.495 e. The van der Waals surface area contributed by atoms with E-state index in [1.54, 1.807) is 13.2 Å². The maximum Gasteiger partial charge on any atom is 0.251 e. The number of ether oxygens (including phenoxy) is 1. The van der Waals surface area contributed by atoms with Crippen molar-refractivity contribution in [1.82, 2.24) is 25.2 Å². The highest BCUT2D eigenvalue weighted by atomic mass is 32.1. The molecular weight excluding hydrogens is 500 g/mol. The van der Waals surface area contributed by atoms with Gasteiger partial charge in [-0.25, -0.2) is 4.98 Å². The van der Waals surface area contributed by atoms with Crippen molar-refractivity contribution >= 4 is 46.4 Å². The molecule has 10 nitrogen and oxygen atoms in total. The standard InChI is InChI=1S/C27H38N8O2S/c1-5-34-27(38)33(3)22-17-28-26(31-24(22)35(34)20-8-6-7-9-20)30-21-11-10-18(16-23(21)37-4)25(36)29-19-12-14-32(2)15-13-19/h10-11,16-17,19-20H,5-9,12-15H2,1-4H3,(H,29,36)(H,28,30,31). The average molecular weight is 539 g/mol. The van der Waals surface area contributed by atoms with Crippen LogP contribution in [0.2, 0.25) is 0 Å². The van der Waals surface area contributed by atoms with E-state index in [1.807, 2.05) is 30.3 Å². The Morgan fingerprint density at radius 1 is 1.16 bits per heavy atom. The van der Waals surface area contributed by atoms with Crippen LogP contribution in [0.25, 0.3) is 0 Å². The van der Waals surface area contributed by atoms with Crippen LogP contribution < -0.4 is 25.3 Å². The van der Waals surface area contributed by atoms with Gasteiger partial charge in [0.1, 0.15) is 11.4 Å². The molecule has 1 aromatic heterocycles. The van der Waals surface area contributed by atoms with E-state index in [2.05, 4.69) is 44.5 Å². The lowest BCUT2D eigenvalue weighted by Crippen LogP contribution is -2.58. The number of anilines is 4. The number of methoxy groups -OCH3 is 1. The summed E-state index contributed by atoms with van der Waals surface area (Å²) < 4.78 is 5.64. The van der Waals surface area contributed by atoms with Gasteiger partial charge in [0.15, 0.2) is 10.9 Å². The Balaban J connectivity index is 1.38. The normalized spacial score (nSPS) is 19.1. The Bertz CT molecular complexity index is 1180. The molecule has 1 saturated heterocycles. The number of hydrazine groups is 1. The number of hydrogen-bond acceptors (Lipinski definition) is 8. The van der Waals surface area contributed by atoms with Gasteiger partial charge in [-0.2, -0.15) is 4.98 Å². The summed E-state index contributed by atoms with van der Waals surface area (Å²) in [7, 11) is 5.68. The lowest BCUT2D eigenvalue weighted by Gasteiger charge is -2.47. The van der Waals surface area contributed by atoms with E-state index in [9.17, 15) is 4.79 Å².